The molecule has 3 aromatic carbocycles. The highest BCUT2D eigenvalue weighted by atomic mass is 32.2. The van der Waals surface area contributed by atoms with Gasteiger partial charge in [0.25, 0.3) is 5.91 Å². The minimum atomic E-state index is -0.218. The Bertz CT molecular complexity index is 1300. The van der Waals surface area contributed by atoms with Crippen LogP contribution in [0, 0.1) is 11.3 Å². The number of carbonyl (C=O) groups is 1. The van der Waals surface area contributed by atoms with Crippen molar-refractivity contribution in [2.75, 3.05) is 31.5 Å². The number of anilines is 1. The van der Waals surface area contributed by atoms with Crippen LogP contribution in [-0.2, 0) is 4.79 Å². The van der Waals surface area contributed by atoms with Crippen LogP contribution >= 0.6 is 11.8 Å². The first-order valence-electron chi connectivity index (χ1n) is 10.8. The zero-order valence-electron chi connectivity index (χ0n) is 19.3. The average Bonchev–Trinajstić information content (AvgIpc) is 3.21. The molecule has 0 saturated heterocycles. The molecule has 1 heterocycles. The summed E-state index contributed by atoms with van der Waals surface area (Å²) in [7, 11) is 3.20. The molecule has 1 aliphatic heterocycles. The summed E-state index contributed by atoms with van der Waals surface area (Å²) in [5, 5.41) is 9.48. The third-order valence-corrected chi connectivity index (χ3v) is 6.03. The lowest BCUT2D eigenvalue weighted by Gasteiger charge is -2.18. The number of rotatable bonds is 8. The number of nitrogens with zero attached hydrogens (tertiary/aromatic N) is 3. The van der Waals surface area contributed by atoms with Crippen molar-refractivity contribution in [2.24, 2.45) is 4.99 Å². The minimum absolute atomic E-state index is 0.218. The van der Waals surface area contributed by atoms with Gasteiger partial charge in [0.2, 0.25) is 0 Å². The van der Waals surface area contributed by atoms with Crippen LogP contribution in [-0.4, -0.2) is 37.7 Å². The fourth-order valence-corrected chi connectivity index (χ4v) is 4.18. The molecule has 1 aliphatic rings. The molecule has 4 rings (SSSR count). The van der Waals surface area contributed by atoms with Gasteiger partial charge in [-0.3, -0.25) is 9.69 Å². The van der Waals surface area contributed by atoms with E-state index in [0.29, 0.717) is 46.0 Å². The Morgan fingerprint density at radius 3 is 2.37 bits per heavy atom. The number of carbonyl (C=O) groups excluding carboxylic acids is 1. The Hall–Kier alpha value is -4.22. The summed E-state index contributed by atoms with van der Waals surface area (Å²) in [5.74, 6) is 2.42. The molecule has 0 radical (unpaired) electrons. The minimum Gasteiger partial charge on any atom is -0.497 e. The van der Waals surface area contributed by atoms with Gasteiger partial charge in [-0.2, -0.15) is 5.26 Å². The predicted octanol–water partition coefficient (Wildman–Crippen LogP) is 5.13. The van der Waals surface area contributed by atoms with E-state index in [4.69, 9.17) is 19.5 Å². The maximum Gasteiger partial charge on any atom is 0.283 e. The van der Waals surface area contributed by atoms with Crippen molar-refractivity contribution in [3.63, 3.8) is 0 Å². The van der Waals surface area contributed by atoms with Gasteiger partial charge in [-0.1, -0.05) is 30.0 Å². The zero-order valence-corrected chi connectivity index (χ0v) is 20.1. The van der Waals surface area contributed by atoms with E-state index in [2.05, 4.69) is 11.1 Å². The van der Waals surface area contributed by atoms with Crippen LogP contribution in [0.1, 0.15) is 11.1 Å². The van der Waals surface area contributed by atoms with Crippen LogP contribution in [0.5, 0.6) is 17.2 Å². The number of thioether (sulfide) groups is 1. The van der Waals surface area contributed by atoms with E-state index in [1.165, 1.54) is 11.8 Å². The van der Waals surface area contributed by atoms with Crippen LogP contribution in [0.15, 0.2) is 83.5 Å². The van der Waals surface area contributed by atoms with Crippen molar-refractivity contribution in [1.82, 2.24) is 0 Å². The van der Waals surface area contributed by atoms with Crippen LogP contribution in [0.3, 0.4) is 0 Å². The molecule has 0 aromatic heterocycles. The number of amides is 1. The fraction of sp³-hybridized carbons (Fsp3) is 0.148. The average molecular weight is 486 g/mol. The molecule has 176 valence electrons. The highest BCUT2D eigenvalue weighted by Gasteiger charge is 2.32. The normalized spacial score (nSPS) is 14.0. The van der Waals surface area contributed by atoms with E-state index in [1.807, 2.05) is 42.5 Å². The first-order valence-corrected chi connectivity index (χ1v) is 11.8. The second-order valence-electron chi connectivity index (χ2n) is 7.37. The summed E-state index contributed by atoms with van der Waals surface area (Å²) in [6.07, 6.45) is 1.76. The van der Waals surface area contributed by atoms with Gasteiger partial charge in [-0.05, 0) is 60.2 Å². The number of amidine groups is 1. The predicted molar refractivity (Wildman–Crippen MR) is 138 cm³/mol. The quantitative estimate of drug-likeness (QED) is 0.325. The third kappa shape index (κ3) is 5.83. The number of methoxy groups -OCH3 is 2. The van der Waals surface area contributed by atoms with Crippen molar-refractivity contribution < 1.29 is 19.0 Å². The summed E-state index contributed by atoms with van der Waals surface area (Å²) in [6, 6.07) is 23.8. The Balaban J connectivity index is 1.52. The fourth-order valence-electron chi connectivity index (χ4n) is 3.35. The third-order valence-electron chi connectivity index (χ3n) is 5.13. The van der Waals surface area contributed by atoms with Gasteiger partial charge in [0.1, 0.15) is 22.9 Å². The van der Waals surface area contributed by atoms with E-state index in [9.17, 15) is 4.79 Å². The molecule has 0 aliphatic carbocycles. The molecule has 8 heteroatoms. The molecule has 35 heavy (non-hydrogen) atoms. The topological polar surface area (TPSA) is 84.2 Å². The number of nitriles is 1. The molecule has 3 aromatic rings. The number of benzene rings is 3. The summed E-state index contributed by atoms with van der Waals surface area (Å²) in [4.78, 5) is 19.6. The van der Waals surface area contributed by atoms with E-state index in [-0.39, 0.29) is 5.91 Å². The molecular formula is C27H23N3O4S. The van der Waals surface area contributed by atoms with E-state index >= 15 is 0 Å². The number of ether oxygens (including phenoxy) is 3. The van der Waals surface area contributed by atoms with Crippen LogP contribution in [0.2, 0.25) is 0 Å². The maximum atomic E-state index is 13.4. The van der Waals surface area contributed by atoms with Crippen molar-refractivity contribution in [2.45, 2.75) is 0 Å². The van der Waals surface area contributed by atoms with Gasteiger partial charge in [0.05, 0.1) is 38.1 Å². The van der Waals surface area contributed by atoms with Crippen molar-refractivity contribution in [3.8, 4) is 23.3 Å². The summed E-state index contributed by atoms with van der Waals surface area (Å²) in [5.41, 5.74) is 2.44. The number of hydrogen-bond donors (Lipinski definition) is 0. The molecule has 0 N–H and O–H groups in total. The SMILES string of the molecule is COc1ccc(/C=C2\N=C(SCCOc3ccc(C#N)cc3)N(c3cccc(OC)c3)C2=O)cc1. The van der Waals surface area contributed by atoms with Gasteiger partial charge in [0.15, 0.2) is 5.17 Å². The Labute approximate surface area is 208 Å². The number of aliphatic imine (C=N–C) groups is 1. The van der Waals surface area contributed by atoms with Crippen LogP contribution in [0.25, 0.3) is 6.08 Å². The summed E-state index contributed by atoms with van der Waals surface area (Å²) >= 11 is 1.43. The van der Waals surface area contributed by atoms with Crippen LogP contribution < -0.4 is 19.1 Å². The lowest BCUT2D eigenvalue weighted by Crippen LogP contribution is -2.30. The number of hydrogen-bond acceptors (Lipinski definition) is 7. The Kier molecular flexibility index (Phi) is 7.70. The first kappa shape index (κ1) is 23.9. The molecule has 0 atom stereocenters. The molecule has 0 spiro atoms. The zero-order chi connectivity index (χ0) is 24.6. The van der Waals surface area contributed by atoms with Gasteiger partial charge in [0, 0.05) is 11.8 Å². The van der Waals surface area contributed by atoms with Crippen molar-refractivity contribution in [1.29, 1.82) is 5.26 Å². The Morgan fingerprint density at radius 2 is 1.69 bits per heavy atom. The lowest BCUT2D eigenvalue weighted by molar-refractivity contribution is -0.113. The van der Waals surface area contributed by atoms with E-state index in [1.54, 1.807) is 55.5 Å². The van der Waals surface area contributed by atoms with Gasteiger partial charge < -0.3 is 14.2 Å². The molecule has 0 unspecified atom stereocenters. The highest BCUT2D eigenvalue weighted by molar-refractivity contribution is 8.14. The second kappa shape index (κ2) is 11.3. The van der Waals surface area contributed by atoms with Gasteiger partial charge in [-0.25, -0.2) is 4.99 Å². The molecular weight excluding hydrogens is 462 g/mol. The Morgan fingerprint density at radius 1 is 0.971 bits per heavy atom. The van der Waals surface area contributed by atoms with E-state index in [0.717, 1.165) is 11.3 Å². The van der Waals surface area contributed by atoms with Gasteiger partial charge in [-0.15, -0.1) is 0 Å². The van der Waals surface area contributed by atoms with E-state index < -0.39 is 0 Å². The maximum absolute atomic E-state index is 13.4. The summed E-state index contributed by atoms with van der Waals surface area (Å²) in [6.45, 7) is 0.410. The largest absolute Gasteiger partial charge is 0.497 e. The van der Waals surface area contributed by atoms with Crippen molar-refractivity contribution >= 4 is 34.6 Å². The van der Waals surface area contributed by atoms with Crippen LogP contribution in [0.4, 0.5) is 5.69 Å². The first-order chi connectivity index (χ1) is 17.1. The second-order valence-corrected chi connectivity index (χ2v) is 8.43. The smallest absolute Gasteiger partial charge is 0.283 e. The van der Waals surface area contributed by atoms with Crippen molar-refractivity contribution in [3.05, 3.63) is 89.6 Å². The lowest BCUT2D eigenvalue weighted by atomic mass is 10.2. The molecule has 7 nitrogen and oxygen atoms in total. The monoisotopic (exact) mass is 485 g/mol. The molecule has 0 saturated carbocycles. The standard InChI is InChI=1S/C27H23N3O4S/c1-32-22-10-6-19(7-11-22)16-25-26(31)30(21-4-3-5-24(17-21)33-2)27(29-25)35-15-14-34-23-12-8-20(18-28)9-13-23/h3-13,16-17H,14-15H2,1-2H3/b25-16-. The molecule has 0 fully saturated rings. The summed E-state index contributed by atoms with van der Waals surface area (Å²) < 4.78 is 16.3. The highest BCUT2D eigenvalue weighted by Crippen LogP contribution is 2.31. The van der Waals surface area contributed by atoms with Gasteiger partial charge >= 0.3 is 0 Å². The molecule has 1 amide bonds. The molecule has 0 bridgehead atoms.